The van der Waals surface area contributed by atoms with Gasteiger partial charge < -0.3 is 5.11 Å². The van der Waals surface area contributed by atoms with Crippen molar-refractivity contribution in [2.75, 3.05) is 26.2 Å². The topological polar surface area (TPSA) is 32.6 Å². The smallest absolute Gasteiger partial charge is 0.186 e. The predicted molar refractivity (Wildman–Crippen MR) is 138 cm³/mol. The third-order valence-electron chi connectivity index (χ3n) is 7.27. The van der Waals surface area contributed by atoms with Crippen molar-refractivity contribution in [1.82, 2.24) is 0 Å². The van der Waals surface area contributed by atoms with Gasteiger partial charge in [-0.15, -0.1) is 0 Å². The Kier molecular flexibility index (Phi) is 18.3. The second-order valence-electron chi connectivity index (χ2n) is 9.78. The number of aliphatic hydroxyl groups is 1. The summed E-state index contributed by atoms with van der Waals surface area (Å²) < 4.78 is 0.930. The number of allylic oxidation sites excluding steroid dienone is 1. The Bertz CT molecular complexity index is 448. The van der Waals surface area contributed by atoms with Crippen LogP contribution in [0.5, 0.6) is 0 Å². The van der Waals surface area contributed by atoms with Crippen molar-refractivity contribution in [2.45, 2.75) is 136 Å². The molecular weight excluding hydrogens is 380 g/mol. The molecule has 182 valence electrons. The molecular formula is C28H55N2O+. The SMILES string of the molecule is CCCCCCCCCCCCCCCCCC/C=C/CC1N=CC[N+]1(CC)CCO. The number of hydrogen-bond acceptors (Lipinski definition) is 2. The van der Waals surface area contributed by atoms with E-state index in [-0.39, 0.29) is 6.61 Å². The maximum absolute atomic E-state index is 9.39. The third-order valence-corrected chi connectivity index (χ3v) is 7.27. The molecule has 0 aromatic rings. The van der Waals surface area contributed by atoms with Crippen molar-refractivity contribution in [3.8, 4) is 0 Å². The van der Waals surface area contributed by atoms with Gasteiger partial charge in [-0.2, -0.15) is 0 Å². The first-order chi connectivity index (χ1) is 15.3. The summed E-state index contributed by atoms with van der Waals surface area (Å²) in [4.78, 5) is 4.68. The van der Waals surface area contributed by atoms with Gasteiger partial charge in [0.2, 0.25) is 0 Å². The molecule has 1 aliphatic heterocycles. The molecule has 2 unspecified atom stereocenters. The van der Waals surface area contributed by atoms with Crippen molar-refractivity contribution in [1.29, 1.82) is 0 Å². The van der Waals surface area contributed by atoms with E-state index in [0.717, 1.165) is 30.5 Å². The van der Waals surface area contributed by atoms with Crippen LogP contribution >= 0.6 is 0 Å². The molecule has 0 aliphatic carbocycles. The van der Waals surface area contributed by atoms with Crippen LogP contribution in [-0.2, 0) is 0 Å². The zero-order valence-corrected chi connectivity index (χ0v) is 21.2. The first-order valence-corrected chi connectivity index (χ1v) is 13.9. The summed E-state index contributed by atoms with van der Waals surface area (Å²) >= 11 is 0. The molecule has 3 heteroatoms. The van der Waals surface area contributed by atoms with Gasteiger partial charge in [-0.1, -0.05) is 115 Å². The van der Waals surface area contributed by atoms with Crippen molar-refractivity contribution in [3.63, 3.8) is 0 Å². The number of quaternary nitrogens is 1. The van der Waals surface area contributed by atoms with Crippen LogP contribution in [0.25, 0.3) is 0 Å². The van der Waals surface area contributed by atoms with Gasteiger partial charge >= 0.3 is 0 Å². The number of rotatable bonds is 22. The van der Waals surface area contributed by atoms with Crippen LogP contribution in [0.15, 0.2) is 17.1 Å². The van der Waals surface area contributed by atoms with E-state index in [9.17, 15) is 5.11 Å². The highest BCUT2D eigenvalue weighted by Crippen LogP contribution is 2.22. The Hall–Kier alpha value is -0.670. The summed E-state index contributed by atoms with van der Waals surface area (Å²) in [7, 11) is 0. The molecule has 1 N–H and O–H groups in total. The quantitative estimate of drug-likeness (QED) is 0.105. The third kappa shape index (κ3) is 13.5. The van der Waals surface area contributed by atoms with E-state index in [4.69, 9.17) is 0 Å². The minimum atomic E-state index is 0.261. The van der Waals surface area contributed by atoms with E-state index in [0.29, 0.717) is 6.17 Å². The Balaban J connectivity index is 1.85. The second-order valence-corrected chi connectivity index (χ2v) is 9.78. The van der Waals surface area contributed by atoms with Gasteiger partial charge in [-0.05, 0) is 19.8 Å². The lowest BCUT2D eigenvalue weighted by Gasteiger charge is -2.37. The van der Waals surface area contributed by atoms with Gasteiger partial charge in [0, 0.05) is 6.42 Å². The van der Waals surface area contributed by atoms with Gasteiger partial charge in [0.25, 0.3) is 0 Å². The molecule has 0 aromatic heterocycles. The summed E-state index contributed by atoms with van der Waals surface area (Å²) in [6.45, 7) is 7.64. The van der Waals surface area contributed by atoms with Crippen LogP contribution in [0.2, 0.25) is 0 Å². The largest absolute Gasteiger partial charge is 0.391 e. The van der Waals surface area contributed by atoms with Crippen LogP contribution in [0.1, 0.15) is 129 Å². The number of aliphatic imine (C=N–C) groups is 1. The molecule has 0 spiro atoms. The maximum Gasteiger partial charge on any atom is 0.186 e. The average Bonchev–Trinajstić information content (AvgIpc) is 3.18. The van der Waals surface area contributed by atoms with Gasteiger partial charge in [-0.25, -0.2) is 4.99 Å². The maximum atomic E-state index is 9.39. The number of likely N-dealkylation sites (N-methyl/N-ethyl adjacent to an activating group) is 1. The lowest BCUT2D eigenvalue weighted by atomic mass is 10.0. The van der Waals surface area contributed by atoms with E-state index in [1.807, 2.05) is 0 Å². The van der Waals surface area contributed by atoms with Crippen LogP contribution in [0.3, 0.4) is 0 Å². The average molecular weight is 436 g/mol. The first-order valence-electron chi connectivity index (χ1n) is 13.9. The van der Waals surface area contributed by atoms with Gasteiger partial charge in [0.05, 0.1) is 19.4 Å². The highest BCUT2D eigenvalue weighted by molar-refractivity contribution is 5.60. The monoisotopic (exact) mass is 435 g/mol. The number of nitrogens with zero attached hydrogens (tertiary/aromatic N) is 2. The van der Waals surface area contributed by atoms with Gasteiger partial charge in [0.1, 0.15) is 13.1 Å². The van der Waals surface area contributed by atoms with E-state index in [1.54, 1.807) is 0 Å². The number of aliphatic hydroxyl groups excluding tert-OH is 1. The predicted octanol–water partition coefficient (Wildman–Crippen LogP) is 7.82. The Morgan fingerprint density at radius 2 is 1.29 bits per heavy atom. The molecule has 31 heavy (non-hydrogen) atoms. The summed E-state index contributed by atoms with van der Waals surface area (Å²) in [5.74, 6) is 0. The summed E-state index contributed by atoms with van der Waals surface area (Å²) in [5.41, 5.74) is 0. The van der Waals surface area contributed by atoms with Crippen molar-refractivity contribution in [3.05, 3.63) is 12.2 Å². The molecule has 0 fully saturated rings. The fraction of sp³-hybridized carbons (Fsp3) is 0.893. The van der Waals surface area contributed by atoms with Gasteiger partial charge in [-0.3, -0.25) is 4.48 Å². The van der Waals surface area contributed by atoms with Gasteiger partial charge in [0.15, 0.2) is 6.17 Å². The fourth-order valence-corrected chi connectivity index (χ4v) is 4.96. The molecule has 0 aromatic carbocycles. The van der Waals surface area contributed by atoms with Crippen LogP contribution in [-0.4, -0.2) is 48.2 Å². The van der Waals surface area contributed by atoms with Crippen molar-refractivity contribution in [2.24, 2.45) is 4.99 Å². The molecule has 0 bridgehead atoms. The molecule has 3 nitrogen and oxygen atoms in total. The standard InChI is InChI=1S/C28H55N2O/c1-3-5-6-7-8-9-10-11-12-13-14-15-16-17-18-19-20-21-22-23-28-29-24-25-30(28,4-2)26-27-31/h21-22,24,28,31H,3-20,23,25-27H2,1-2H3/q+1/b22-21+. The minimum Gasteiger partial charge on any atom is -0.391 e. The highest BCUT2D eigenvalue weighted by Gasteiger charge is 2.36. The minimum absolute atomic E-state index is 0.261. The van der Waals surface area contributed by atoms with E-state index in [1.165, 1.54) is 109 Å². The molecule has 0 amide bonds. The van der Waals surface area contributed by atoms with E-state index >= 15 is 0 Å². The Morgan fingerprint density at radius 3 is 1.77 bits per heavy atom. The summed E-state index contributed by atoms with van der Waals surface area (Å²) in [6, 6.07) is 0. The van der Waals surface area contributed by atoms with Crippen LogP contribution < -0.4 is 0 Å². The number of unbranched alkanes of at least 4 members (excludes halogenated alkanes) is 16. The zero-order valence-electron chi connectivity index (χ0n) is 21.2. The summed E-state index contributed by atoms with van der Waals surface area (Å²) in [5, 5.41) is 9.39. The number of hydrogen-bond donors (Lipinski definition) is 1. The second kappa shape index (κ2) is 20.0. The van der Waals surface area contributed by atoms with Crippen molar-refractivity contribution >= 4 is 6.21 Å². The Labute approximate surface area is 195 Å². The molecule has 0 radical (unpaired) electrons. The lowest BCUT2D eigenvalue weighted by molar-refractivity contribution is -0.935. The van der Waals surface area contributed by atoms with Crippen LogP contribution in [0, 0.1) is 0 Å². The molecule has 0 saturated carbocycles. The first kappa shape index (κ1) is 28.4. The summed E-state index contributed by atoms with van der Waals surface area (Å²) in [6.07, 6.45) is 32.2. The highest BCUT2D eigenvalue weighted by atomic mass is 16.3. The van der Waals surface area contributed by atoms with E-state index in [2.05, 4.69) is 37.2 Å². The molecule has 2 atom stereocenters. The molecule has 1 aliphatic rings. The fourth-order valence-electron chi connectivity index (χ4n) is 4.96. The van der Waals surface area contributed by atoms with Crippen molar-refractivity contribution < 1.29 is 9.59 Å². The molecule has 0 saturated heterocycles. The Morgan fingerprint density at radius 1 is 0.774 bits per heavy atom. The normalized spacial score (nSPS) is 20.9. The van der Waals surface area contributed by atoms with Crippen LogP contribution in [0.4, 0.5) is 0 Å². The van der Waals surface area contributed by atoms with E-state index < -0.39 is 0 Å². The molecule has 1 rings (SSSR count). The lowest BCUT2D eigenvalue weighted by Crippen LogP contribution is -2.53. The zero-order chi connectivity index (χ0) is 22.5. The molecule has 1 heterocycles.